The molecular weight excluding hydrogens is 418 g/mol. The van der Waals surface area contributed by atoms with E-state index in [0.717, 1.165) is 15.8 Å². The summed E-state index contributed by atoms with van der Waals surface area (Å²) in [4.78, 5) is 32.6. The molecule has 0 fully saturated rings. The quantitative estimate of drug-likeness (QED) is 0.394. The minimum atomic E-state index is -0.179. The number of benzene rings is 2. The molecule has 0 aliphatic heterocycles. The summed E-state index contributed by atoms with van der Waals surface area (Å²) in [6.07, 6.45) is 6.69. The first-order valence-corrected chi connectivity index (χ1v) is 10.3. The third-order valence-electron chi connectivity index (χ3n) is 4.61. The predicted molar refractivity (Wildman–Crippen MR) is 119 cm³/mol. The lowest BCUT2D eigenvalue weighted by Gasteiger charge is -2.20. The molecule has 6 nitrogen and oxygen atoms in total. The Morgan fingerprint density at radius 1 is 1.00 bits per heavy atom. The number of pyridine rings is 1. The lowest BCUT2D eigenvalue weighted by molar-refractivity contribution is 0.0985. The normalized spacial score (nSPS) is 11.1. The first-order chi connectivity index (χ1) is 14.7. The number of hydrogen-bond donors (Lipinski definition) is 0. The number of fused-ring (bicyclic) bond motifs is 2. The maximum atomic E-state index is 13.5. The van der Waals surface area contributed by atoms with Gasteiger partial charge in [-0.3, -0.25) is 24.6 Å². The largest absolute Gasteiger partial charge is 0.279 e. The molecule has 3 aromatic heterocycles. The number of carbonyl (C=O) groups is 1. The molecule has 0 unspecified atom stereocenters. The smallest absolute Gasteiger partial charge is 0.260 e. The van der Waals surface area contributed by atoms with Gasteiger partial charge in [0.1, 0.15) is 5.52 Å². The van der Waals surface area contributed by atoms with Crippen molar-refractivity contribution in [3.63, 3.8) is 0 Å². The molecule has 0 saturated heterocycles. The molecule has 5 rings (SSSR count). The number of hydrogen-bond acceptors (Lipinski definition) is 6. The molecule has 146 valence electrons. The lowest BCUT2D eigenvalue weighted by atomic mass is 10.1. The van der Waals surface area contributed by atoms with E-state index < -0.39 is 0 Å². The average molecular weight is 432 g/mol. The second-order valence-electron chi connectivity index (χ2n) is 6.60. The second-order valence-corrected chi connectivity index (χ2v) is 8.01. The van der Waals surface area contributed by atoms with Gasteiger partial charge in [-0.15, -0.1) is 0 Å². The van der Waals surface area contributed by atoms with Crippen molar-refractivity contribution >= 4 is 55.2 Å². The Bertz CT molecular complexity index is 1370. The van der Waals surface area contributed by atoms with E-state index in [9.17, 15) is 4.79 Å². The van der Waals surface area contributed by atoms with Gasteiger partial charge in [0.05, 0.1) is 27.3 Å². The maximum Gasteiger partial charge on any atom is 0.260 e. The second kappa shape index (κ2) is 7.78. The third kappa shape index (κ3) is 3.49. The number of carbonyl (C=O) groups excluding carboxylic acids is 1. The van der Waals surface area contributed by atoms with Crippen LogP contribution < -0.4 is 4.90 Å². The van der Waals surface area contributed by atoms with Crippen molar-refractivity contribution in [2.24, 2.45) is 0 Å². The van der Waals surface area contributed by atoms with Crippen molar-refractivity contribution in [1.29, 1.82) is 0 Å². The number of anilines is 1. The maximum absolute atomic E-state index is 13.5. The van der Waals surface area contributed by atoms with Crippen molar-refractivity contribution in [1.82, 2.24) is 19.9 Å². The van der Waals surface area contributed by atoms with Crippen LogP contribution in [0.1, 0.15) is 15.9 Å². The van der Waals surface area contributed by atoms with Gasteiger partial charge in [-0.05, 0) is 42.0 Å². The zero-order chi connectivity index (χ0) is 20.5. The fraction of sp³-hybridized carbons (Fsp3) is 0.0455. The number of para-hydroxylation sites is 1. The van der Waals surface area contributed by atoms with Crippen molar-refractivity contribution in [2.75, 3.05) is 4.90 Å². The summed E-state index contributed by atoms with van der Waals surface area (Å²) < 4.78 is 0.922. The van der Waals surface area contributed by atoms with Gasteiger partial charge < -0.3 is 0 Å². The molecule has 0 spiro atoms. The first-order valence-electron chi connectivity index (χ1n) is 9.15. The Morgan fingerprint density at radius 2 is 1.87 bits per heavy atom. The van der Waals surface area contributed by atoms with Gasteiger partial charge >= 0.3 is 0 Å². The van der Waals surface area contributed by atoms with Gasteiger partial charge in [0, 0.05) is 30.4 Å². The topological polar surface area (TPSA) is 71.9 Å². The van der Waals surface area contributed by atoms with Crippen LogP contribution in [0.3, 0.4) is 0 Å². The molecule has 0 bridgehead atoms. The molecule has 5 aromatic rings. The standard InChI is InChI=1S/C22H14ClN5OS/c23-16-4-1-5-19-20(16)27-22(30-19)28(13-14-3-2-8-24-12-14)21(29)15-6-7-17-18(11-15)26-10-9-25-17/h1-12H,13H2. The van der Waals surface area contributed by atoms with Crippen molar-refractivity contribution in [2.45, 2.75) is 6.54 Å². The number of nitrogens with zero attached hydrogens (tertiary/aromatic N) is 5. The van der Waals surface area contributed by atoms with Gasteiger partial charge in [0.2, 0.25) is 0 Å². The summed E-state index contributed by atoms with van der Waals surface area (Å²) in [6, 6.07) is 14.7. The fourth-order valence-electron chi connectivity index (χ4n) is 3.17. The van der Waals surface area contributed by atoms with Gasteiger partial charge in [-0.2, -0.15) is 0 Å². The summed E-state index contributed by atoms with van der Waals surface area (Å²) in [7, 11) is 0. The van der Waals surface area contributed by atoms with Crippen LogP contribution >= 0.6 is 22.9 Å². The molecule has 0 aliphatic carbocycles. The number of thiazole rings is 1. The molecule has 0 atom stereocenters. The molecule has 0 N–H and O–H groups in total. The van der Waals surface area contributed by atoms with E-state index >= 15 is 0 Å². The minimum Gasteiger partial charge on any atom is -0.279 e. The predicted octanol–water partition coefficient (Wildman–Crippen LogP) is 5.13. The molecule has 0 saturated carbocycles. The monoisotopic (exact) mass is 431 g/mol. The van der Waals surface area contributed by atoms with Gasteiger partial charge in [-0.1, -0.05) is 35.1 Å². The molecule has 1 amide bonds. The number of rotatable bonds is 4. The van der Waals surface area contributed by atoms with Crippen LogP contribution in [-0.4, -0.2) is 25.8 Å². The van der Waals surface area contributed by atoms with Crippen LogP contribution in [0.4, 0.5) is 5.13 Å². The van der Waals surface area contributed by atoms with Crippen LogP contribution in [0, 0.1) is 0 Å². The summed E-state index contributed by atoms with van der Waals surface area (Å²) >= 11 is 7.74. The zero-order valence-corrected chi connectivity index (χ0v) is 17.1. The van der Waals surface area contributed by atoms with E-state index in [1.54, 1.807) is 54.0 Å². The van der Waals surface area contributed by atoms with E-state index in [-0.39, 0.29) is 5.91 Å². The highest BCUT2D eigenvalue weighted by atomic mass is 35.5. The highest BCUT2D eigenvalue weighted by molar-refractivity contribution is 7.22. The average Bonchev–Trinajstić information content (AvgIpc) is 3.23. The number of halogens is 1. The summed E-state index contributed by atoms with van der Waals surface area (Å²) in [5.41, 5.74) is 3.50. The summed E-state index contributed by atoms with van der Waals surface area (Å²) in [5.74, 6) is -0.179. The highest BCUT2D eigenvalue weighted by Gasteiger charge is 2.23. The number of aromatic nitrogens is 4. The van der Waals surface area contributed by atoms with E-state index in [4.69, 9.17) is 11.6 Å². The van der Waals surface area contributed by atoms with E-state index in [1.165, 1.54) is 11.3 Å². The Morgan fingerprint density at radius 3 is 2.67 bits per heavy atom. The zero-order valence-electron chi connectivity index (χ0n) is 15.6. The SMILES string of the molecule is O=C(c1ccc2nccnc2c1)N(Cc1cccnc1)c1nc2c(Cl)cccc2s1. The third-order valence-corrected chi connectivity index (χ3v) is 5.96. The van der Waals surface area contributed by atoms with Crippen LogP contribution in [0.2, 0.25) is 5.02 Å². The van der Waals surface area contributed by atoms with Gasteiger partial charge in [-0.25, -0.2) is 4.98 Å². The summed E-state index contributed by atoms with van der Waals surface area (Å²) in [6.45, 7) is 0.336. The Balaban J connectivity index is 1.60. The molecule has 0 radical (unpaired) electrons. The Hall–Kier alpha value is -3.42. The van der Waals surface area contributed by atoms with Crippen LogP contribution in [-0.2, 0) is 6.54 Å². The van der Waals surface area contributed by atoms with E-state index in [2.05, 4.69) is 19.9 Å². The fourth-order valence-corrected chi connectivity index (χ4v) is 4.43. The van der Waals surface area contributed by atoms with Crippen molar-refractivity contribution in [3.8, 4) is 0 Å². The van der Waals surface area contributed by atoms with E-state index in [0.29, 0.717) is 33.3 Å². The van der Waals surface area contributed by atoms with Crippen LogP contribution in [0.25, 0.3) is 21.3 Å². The number of amides is 1. The van der Waals surface area contributed by atoms with Crippen molar-refractivity contribution < 1.29 is 4.79 Å². The molecule has 8 heteroatoms. The highest BCUT2D eigenvalue weighted by Crippen LogP contribution is 2.34. The molecule has 3 heterocycles. The minimum absolute atomic E-state index is 0.179. The molecule has 2 aromatic carbocycles. The van der Waals surface area contributed by atoms with Crippen LogP contribution in [0.5, 0.6) is 0 Å². The molecule has 0 aliphatic rings. The Labute approximate surface area is 180 Å². The molecular formula is C22H14ClN5OS. The summed E-state index contributed by atoms with van der Waals surface area (Å²) in [5, 5.41) is 1.14. The first kappa shape index (κ1) is 18.6. The van der Waals surface area contributed by atoms with Crippen molar-refractivity contribution in [3.05, 3.63) is 89.5 Å². The Kier molecular flexibility index (Phi) is 4.82. The van der Waals surface area contributed by atoms with Crippen LogP contribution in [0.15, 0.2) is 73.3 Å². The molecule has 30 heavy (non-hydrogen) atoms. The lowest BCUT2D eigenvalue weighted by Crippen LogP contribution is -2.30. The van der Waals surface area contributed by atoms with Gasteiger partial charge in [0.25, 0.3) is 5.91 Å². The van der Waals surface area contributed by atoms with Gasteiger partial charge in [0.15, 0.2) is 5.13 Å². The van der Waals surface area contributed by atoms with E-state index in [1.807, 2.05) is 24.3 Å².